The normalized spacial score (nSPS) is 18.1. The number of rotatable bonds is 4. The minimum atomic E-state index is -0.211. The molecule has 1 saturated heterocycles. The average Bonchev–Trinajstić information content (AvgIpc) is 2.61. The predicted octanol–water partition coefficient (Wildman–Crippen LogP) is 6.30. The summed E-state index contributed by atoms with van der Waals surface area (Å²) in [6, 6.07) is 12.8. The van der Waals surface area contributed by atoms with Crippen LogP contribution in [0.15, 0.2) is 42.5 Å². The summed E-state index contributed by atoms with van der Waals surface area (Å²) in [5.74, 6) is -0.211. The summed E-state index contributed by atoms with van der Waals surface area (Å²) in [6.45, 7) is 11.3. The van der Waals surface area contributed by atoms with Crippen LogP contribution in [0.1, 0.15) is 51.7 Å². The highest BCUT2D eigenvalue weighted by Gasteiger charge is 2.40. The summed E-state index contributed by atoms with van der Waals surface area (Å²) in [5, 5.41) is 8.32. The van der Waals surface area contributed by atoms with E-state index in [1.54, 1.807) is 6.07 Å². The highest BCUT2D eigenvalue weighted by Crippen LogP contribution is 2.33. The zero-order chi connectivity index (χ0) is 22.1. The number of benzene rings is 2. The van der Waals surface area contributed by atoms with Crippen molar-refractivity contribution in [1.29, 1.82) is 0 Å². The van der Waals surface area contributed by atoms with Crippen molar-refractivity contribution in [3.63, 3.8) is 0 Å². The van der Waals surface area contributed by atoms with Gasteiger partial charge in [-0.2, -0.15) is 0 Å². The van der Waals surface area contributed by atoms with Crippen LogP contribution in [0, 0.1) is 12.7 Å². The molecule has 1 aliphatic rings. The Labute approximate surface area is 190 Å². The number of nitrogens with zero attached hydrogens (tertiary/aromatic N) is 1. The van der Waals surface area contributed by atoms with Crippen LogP contribution in [0.2, 0.25) is 5.02 Å². The van der Waals surface area contributed by atoms with Gasteiger partial charge in [-0.3, -0.25) is 0 Å². The molecule has 0 spiro atoms. The molecule has 0 saturated carbocycles. The Morgan fingerprint density at radius 3 is 2.43 bits per heavy atom. The summed E-state index contributed by atoms with van der Waals surface area (Å²) in [7, 11) is 0. The Bertz CT molecular complexity index is 912. The summed E-state index contributed by atoms with van der Waals surface area (Å²) in [6.07, 6.45) is 1.81. The van der Waals surface area contributed by atoms with Crippen molar-refractivity contribution in [2.75, 3.05) is 5.32 Å². The molecular formula is C24H31ClFN3S. The smallest absolute Gasteiger partial charge is 0.173 e. The van der Waals surface area contributed by atoms with E-state index >= 15 is 0 Å². The zero-order valence-electron chi connectivity index (χ0n) is 18.4. The Morgan fingerprint density at radius 2 is 1.80 bits per heavy atom. The number of hydrogen-bond acceptors (Lipinski definition) is 2. The molecular weight excluding hydrogens is 417 g/mol. The van der Waals surface area contributed by atoms with Crippen molar-refractivity contribution in [3.05, 3.63) is 64.4 Å². The number of hydrogen-bond donors (Lipinski definition) is 2. The SMILES string of the molecule is Cc1ccc(Cl)cc1NC(=S)N(Cc1ccccc1F)C1CC(C)(C)NC(C)(C)C1. The minimum absolute atomic E-state index is 0.0541. The maximum atomic E-state index is 14.5. The number of aryl methyl sites for hydroxylation is 1. The molecule has 1 aliphatic heterocycles. The molecule has 0 aromatic heterocycles. The van der Waals surface area contributed by atoms with E-state index < -0.39 is 0 Å². The van der Waals surface area contributed by atoms with E-state index in [2.05, 4.69) is 43.2 Å². The number of halogens is 2. The molecule has 3 rings (SSSR count). The molecule has 0 bridgehead atoms. The molecule has 3 nitrogen and oxygen atoms in total. The van der Waals surface area contributed by atoms with Crippen molar-refractivity contribution >= 4 is 34.6 Å². The molecule has 2 N–H and O–H groups in total. The molecule has 0 aliphatic carbocycles. The van der Waals surface area contributed by atoms with Gasteiger partial charge < -0.3 is 15.5 Å². The van der Waals surface area contributed by atoms with Crippen LogP contribution in [-0.2, 0) is 6.54 Å². The van der Waals surface area contributed by atoms with E-state index in [4.69, 9.17) is 23.8 Å². The van der Waals surface area contributed by atoms with E-state index in [0.717, 1.165) is 24.1 Å². The summed E-state index contributed by atoms with van der Waals surface area (Å²) in [4.78, 5) is 2.14. The summed E-state index contributed by atoms with van der Waals surface area (Å²) in [5.41, 5.74) is 2.46. The highest BCUT2D eigenvalue weighted by atomic mass is 35.5. The van der Waals surface area contributed by atoms with Gasteiger partial charge >= 0.3 is 0 Å². The molecule has 6 heteroatoms. The van der Waals surface area contributed by atoms with Gasteiger partial charge in [-0.1, -0.05) is 35.9 Å². The first kappa shape index (κ1) is 23.0. The van der Waals surface area contributed by atoms with E-state index in [0.29, 0.717) is 22.2 Å². The van der Waals surface area contributed by atoms with Gasteiger partial charge in [0.05, 0.1) is 0 Å². The van der Waals surface area contributed by atoms with Crippen LogP contribution in [0.25, 0.3) is 0 Å². The van der Waals surface area contributed by atoms with E-state index in [-0.39, 0.29) is 22.9 Å². The van der Waals surface area contributed by atoms with Crippen molar-refractivity contribution in [2.45, 2.75) is 71.1 Å². The summed E-state index contributed by atoms with van der Waals surface area (Å²) < 4.78 is 14.5. The largest absolute Gasteiger partial charge is 0.341 e. The standard InChI is InChI=1S/C24H31ClFN3S/c1-16-10-11-18(25)12-21(16)27-22(30)29(15-17-8-6-7-9-20(17)26)19-13-23(2,3)28-24(4,5)14-19/h6-12,19,28H,13-15H2,1-5H3,(H,27,30). The van der Waals surface area contributed by atoms with Gasteiger partial charge in [0.2, 0.25) is 0 Å². The number of piperidine rings is 1. The van der Waals surface area contributed by atoms with Crippen LogP contribution in [0.4, 0.5) is 10.1 Å². The molecule has 1 fully saturated rings. The van der Waals surface area contributed by atoms with Crippen LogP contribution >= 0.6 is 23.8 Å². The first-order valence-corrected chi connectivity index (χ1v) is 11.1. The van der Waals surface area contributed by atoms with Crippen molar-refractivity contribution in [2.24, 2.45) is 0 Å². The van der Waals surface area contributed by atoms with Crippen LogP contribution in [0.3, 0.4) is 0 Å². The van der Waals surface area contributed by atoms with Gasteiger partial charge in [0, 0.05) is 39.9 Å². The van der Waals surface area contributed by atoms with Gasteiger partial charge in [-0.25, -0.2) is 4.39 Å². The topological polar surface area (TPSA) is 27.3 Å². The molecule has 2 aromatic carbocycles. The summed E-state index contributed by atoms with van der Waals surface area (Å²) >= 11 is 12.1. The second-order valence-electron chi connectivity index (χ2n) is 9.56. The maximum absolute atomic E-state index is 14.5. The number of anilines is 1. The van der Waals surface area contributed by atoms with Gasteiger partial charge in [-0.15, -0.1) is 0 Å². The molecule has 0 amide bonds. The molecule has 30 heavy (non-hydrogen) atoms. The van der Waals surface area contributed by atoms with Gasteiger partial charge in [0.15, 0.2) is 5.11 Å². The Kier molecular flexibility index (Phi) is 6.75. The first-order chi connectivity index (χ1) is 14.0. The van der Waals surface area contributed by atoms with Crippen molar-refractivity contribution < 1.29 is 4.39 Å². The lowest BCUT2D eigenvalue weighted by Crippen LogP contribution is -2.63. The fourth-order valence-corrected chi connectivity index (χ4v) is 5.08. The number of thiocarbonyl (C=S) groups is 1. The molecule has 0 radical (unpaired) electrons. The lowest BCUT2D eigenvalue weighted by molar-refractivity contribution is 0.101. The Hall–Kier alpha value is -1.69. The van der Waals surface area contributed by atoms with Gasteiger partial charge in [-0.05, 0) is 83.4 Å². The molecule has 1 heterocycles. The predicted molar refractivity (Wildman–Crippen MR) is 129 cm³/mol. The molecule has 0 atom stereocenters. The van der Waals surface area contributed by atoms with Crippen molar-refractivity contribution in [3.8, 4) is 0 Å². The van der Waals surface area contributed by atoms with E-state index in [1.807, 2.05) is 37.3 Å². The van der Waals surface area contributed by atoms with Crippen LogP contribution in [0.5, 0.6) is 0 Å². The van der Waals surface area contributed by atoms with E-state index in [9.17, 15) is 4.39 Å². The monoisotopic (exact) mass is 447 g/mol. The quantitative estimate of drug-likeness (QED) is 0.538. The molecule has 2 aromatic rings. The third-order valence-electron chi connectivity index (χ3n) is 5.61. The maximum Gasteiger partial charge on any atom is 0.173 e. The van der Waals surface area contributed by atoms with Crippen LogP contribution in [-0.4, -0.2) is 27.1 Å². The zero-order valence-corrected chi connectivity index (χ0v) is 19.9. The lowest BCUT2D eigenvalue weighted by Gasteiger charge is -2.50. The van der Waals surface area contributed by atoms with Gasteiger partial charge in [0.25, 0.3) is 0 Å². The van der Waals surface area contributed by atoms with E-state index in [1.165, 1.54) is 6.07 Å². The lowest BCUT2D eigenvalue weighted by atomic mass is 9.79. The number of nitrogens with one attached hydrogen (secondary N) is 2. The fraction of sp³-hybridized carbons (Fsp3) is 0.458. The Morgan fingerprint density at radius 1 is 1.17 bits per heavy atom. The van der Waals surface area contributed by atoms with Crippen LogP contribution < -0.4 is 10.6 Å². The molecule has 162 valence electrons. The van der Waals surface area contributed by atoms with Crippen molar-refractivity contribution in [1.82, 2.24) is 10.2 Å². The second-order valence-corrected chi connectivity index (χ2v) is 10.4. The average molecular weight is 448 g/mol. The Balaban J connectivity index is 1.93. The second kappa shape index (κ2) is 8.81. The third kappa shape index (κ3) is 5.71. The highest BCUT2D eigenvalue weighted by molar-refractivity contribution is 7.80. The third-order valence-corrected chi connectivity index (χ3v) is 6.18. The minimum Gasteiger partial charge on any atom is -0.341 e. The molecule has 0 unspecified atom stereocenters. The first-order valence-electron chi connectivity index (χ1n) is 10.3. The fourth-order valence-electron chi connectivity index (χ4n) is 4.58. The van der Waals surface area contributed by atoms with Gasteiger partial charge in [0.1, 0.15) is 5.82 Å².